The summed E-state index contributed by atoms with van der Waals surface area (Å²) < 4.78 is 0. The van der Waals surface area contributed by atoms with E-state index in [2.05, 4.69) is 144 Å². The van der Waals surface area contributed by atoms with Crippen LogP contribution in [0.15, 0.2) is 73.3 Å². The molecule has 0 atom stereocenters. The third-order valence-corrected chi connectivity index (χ3v) is 6.84. The SMILES string of the molecule is CC(C)c1cccc(C(C)C)c1N1C=CN(c2c(C(C)C)cccc2C(C)C)C1.Clc1cccnc1.[Cl][Pd][Cl].[Cu][I].[Cu][I]. The van der Waals surface area contributed by atoms with E-state index in [1.54, 1.807) is 65.2 Å². The van der Waals surface area contributed by atoms with Gasteiger partial charge in [0, 0.05) is 36.2 Å². The first-order chi connectivity index (χ1) is 20.5. The van der Waals surface area contributed by atoms with Crippen molar-refractivity contribution >= 4 is 82.7 Å². The topological polar surface area (TPSA) is 19.4 Å². The Morgan fingerprint density at radius 3 is 1.19 bits per heavy atom. The van der Waals surface area contributed by atoms with Crippen molar-refractivity contribution in [2.45, 2.75) is 79.1 Å². The zero-order valence-electron chi connectivity index (χ0n) is 25.6. The fraction of sp³-hybridized carbons (Fsp3) is 0.406. The number of anilines is 2. The van der Waals surface area contributed by atoms with Crippen molar-refractivity contribution in [3.8, 4) is 0 Å². The number of aromatic nitrogens is 1. The Labute approximate surface area is 321 Å². The Kier molecular flexibility index (Phi) is 25.6. The van der Waals surface area contributed by atoms with Crippen LogP contribution in [0.2, 0.25) is 5.02 Å². The zero-order chi connectivity index (χ0) is 33.1. The van der Waals surface area contributed by atoms with Crippen LogP contribution in [0.1, 0.15) is 101 Å². The van der Waals surface area contributed by atoms with Gasteiger partial charge in [-0.1, -0.05) is 103 Å². The van der Waals surface area contributed by atoms with Gasteiger partial charge in [0.25, 0.3) is 0 Å². The molecule has 3 nitrogen and oxygen atoms in total. The molecule has 0 spiro atoms. The molecule has 0 unspecified atom stereocenters. The van der Waals surface area contributed by atoms with Gasteiger partial charge in [-0.2, -0.15) is 0 Å². The summed E-state index contributed by atoms with van der Waals surface area (Å²) in [4.78, 5) is 8.65. The number of halogens is 5. The normalized spacial score (nSPS) is 11.9. The molecule has 11 heteroatoms. The first-order valence-corrected chi connectivity index (χ1v) is 24.1. The van der Waals surface area contributed by atoms with Gasteiger partial charge in [-0.15, -0.1) is 0 Å². The Hall–Kier alpha value is 0.961. The van der Waals surface area contributed by atoms with Gasteiger partial charge in [0.1, 0.15) is 0 Å². The molecule has 3 aromatic rings. The van der Waals surface area contributed by atoms with Gasteiger partial charge in [0.2, 0.25) is 0 Å². The van der Waals surface area contributed by atoms with Gasteiger partial charge in [-0.25, -0.2) is 0 Å². The van der Waals surface area contributed by atoms with Crippen LogP contribution in [0, 0.1) is 0 Å². The maximum atomic E-state index is 5.48. The number of rotatable bonds is 6. The summed E-state index contributed by atoms with van der Waals surface area (Å²) in [5.74, 6) is 2.00. The molecule has 2 heterocycles. The van der Waals surface area contributed by atoms with Crippen molar-refractivity contribution in [3.05, 3.63) is 101 Å². The third kappa shape index (κ3) is 14.7. The Morgan fingerprint density at radius 1 is 0.651 bits per heavy atom. The van der Waals surface area contributed by atoms with E-state index in [4.69, 9.17) is 30.7 Å². The molecule has 4 rings (SSSR count). The number of benzene rings is 2. The molecule has 1 aliphatic heterocycles. The van der Waals surface area contributed by atoms with E-state index in [1.807, 2.05) is 0 Å². The molecular weight excluding hydrogens is 1020 g/mol. The van der Waals surface area contributed by atoms with Crippen molar-refractivity contribution in [2.75, 3.05) is 16.5 Å². The quantitative estimate of drug-likeness (QED) is 0.181. The number of pyridine rings is 1. The van der Waals surface area contributed by atoms with Crippen LogP contribution in [0.3, 0.4) is 0 Å². The molecule has 1 aliphatic rings. The van der Waals surface area contributed by atoms with Crippen molar-refractivity contribution in [1.29, 1.82) is 0 Å². The second-order valence-electron chi connectivity index (χ2n) is 10.8. The molecule has 0 radical (unpaired) electrons. The van der Waals surface area contributed by atoms with Crippen LogP contribution < -0.4 is 9.80 Å². The molecular formula is C32H42Cl3Cu2I2N3Pd. The molecule has 0 amide bonds. The summed E-state index contributed by atoms with van der Waals surface area (Å²) in [6.07, 6.45) is 7.83. The number of para-hydroxylation sites is 2. The van der Waals surface area contributed by atoms with Crippen LogP contribution in [0.25, 0.3) is 0 Å². The maximum absolute atomic E-state index is 5.48. The van der Waals surface area contributed by atoms with E-state index in [0.717, 1.165) is 6.67 Å². The molecule has 1 aromatic heterocycles. The van der Waals surface area contributed by atoms with E-state index < -0.39 is 0 Å². The zero-order valence-corrected chi connectivity index (χ0v) is 35.6. The first kappa shape index (κ1) is 44.0. The van der Waals surface area contributed by atoms with Gasteiger partial charge in [-0.05, 0) is 58.1 Å². The summed E-state index contributed by atoms with van der Waals surface area (Å²) in [5.41, 5.74) is 8.52. The third-order valence-electron chi connectivity index (χ3n) is 6.62. The van der Waals surface area contributed by atoms with Crippen LogP contribution in [-0.2, 0) is 41.5 Å². The van der Waals surface area contributed by atoms with Gasteiger partial charge < -0.3 is 9.80 Å². The molecule has 0 fully saturated rings. The van der Waals surface area contributed by atoms with Crippen molar-refractivity contribution in [1.82, 2.24) is 4.98 Å². The second-order valence-corrected chi connectivity index (χ2v) is 13.6. The van der Waals surface area contributed by atoms with Gasteiger partial charge in [0.15, 0.2) is 0 Å². The van der Waals surface area contributed by atoms with Crippen LogP contribution in [0.5, 0.6) is 0 Å². The van der Waals surface area contributed by atoms with Gasteiger partial charge in [-0.3, -0.25) is 4.98 Å². The molecule has 0 saturated carbocycles. The summed E-state index contributed by atoms with van der Waals surface area (Å²) in [6.45, 7) is 19.2. The average molecular weight is 1060 g/mol. The van der Waals surface area contributed by atoms with Crippen LogP contribution >= 0.6 is 71.3 Å². The van der Waals surface area contributed by atoms with E-state index in [0.29, 0.717) is 28.7 Å². The minimum absolute atomic E-state index is 0.106. The van der Waals surface area contributed by atoms with E-state index in [9.17, 15) is 0 Å². The summed E-state index contributed by atoms with van der Waals surface area (Å²) in [7, 11) is 9.63. The summed E-state index contributed by atoms with van der Waals surface area (Å²) in [5, 5.41) is 0.683. The number of hydrogen-bond acceptors (Lipinski definition) is 3. The Balaban J connectivity index is 0.00000105. The second kappa shape index (κ2) is 25.0. The van der Waals surface area contributed by atoms with E-state index in [1.165, 1.54) is 33.6 Å². The van der Waals surface area contributed by atoms with E-state index >= 15 is 0 Å². The fourth-order valence-corrected chi connectivity index (χ4v) is 4.87. The molecule has 0 N–H and O–H groups in total. The predicted octanol–water partition coefficient (Wildman–Crippen LogP) is 12.8. The fourth-order valence-electron chi connectivity index (χ4n) is 4.74. The Bertz CT molecular complexity index is 1080. The first-order valence-electron chi connectivity index (χ1n) is 13.6. The average Bonchev–Trinajstić information content (AvgIpc) is 3.49. The van der Waals surface area contributed by atoms with Crippen molar-refractivity contribution < 1.29 is 41.5 Å². The standard InChI is InChI=1S/C27H38N2.C5H4ClN.2ClH.2Cu.2HI.Pd/c1-18(2)22-11-9-12-23(19(3)4)26(22)28-15-16-29(17-28)27-24(20(5)6)13-10-14-25(27)21(7)8;6-5-2-1-3-7-4-5;;;;;;;/h9-16,18-21H,17H2,1-8H3;1-4H;2*1H;;;2*1H;/q;;;;2*+1;;;+2/p-4. The molecule has 2 aromatic carbocycles. The van der Waals surface area contributed by atoms with Crippen molar-refractivity contribution in [3.63, 3.8) is 0 Å². The number of nitrogens with zero attached hydrogens (tertiary/aromatic N) is 3. The monoisotopic (exact) mass is 1060 g/mol. The summed E-state index contributed by atoms with van der Waals surface area (Å²) >= 11 is 17.1. The Morgan fingerprint density at radius 2 is 0.977 bits per heavy atom. The predicted molar refractivity (Wildman–Crippen MR) is 197 cm³/mol. The summed E-state index contributed by atoms with van der Waals surface area (Å²) in [6, 6.07) is 17.2. The molecule has 0 bridgehead atoms. The molecule has 43 heavy (non-hydrogen) atoms. The van der Waals surface area contributed by atoms with Gasteiger partial charge in [0.05, 0.1) is 11.7 Å². The minimum atomic E-state index is -0.106. The van der Waals surface area contributed by atoms with E-state index in [-0.39, 0.29) is 15.9 Å². The van der Waals surface area contributed by atoms with Crippen LogP contribution in [-0.4, -0.2) is 11.7 Å². The molecule has 252 valence electrons. The molecule has 0 aliphatic carbocycles. The molecule has 0 saturated heterocycles. The van der Waals surface area contributed by atoms with Gasteiger partial charge >= 0.3 is 101 Å². The number of hydrogen-bond donors (Lipinski definition) is 0. The van der Waals surface area contributed by atoms with Crippen molar-refractivity contribution in [2.24, 2.45) is 0 Å². The van der Waals surface area contributed by atoms with Crippen LogP contribution in [0.4, 0.5) is 11.4 Å².